The Morgan fingerprint density at radius 2 is 1.87 bits per heavy atom. The van der Waals surface area contributed by atoms with Crippen molar-refractivity contribution in [3.05, 3.63) is 112 Å². The average molecular weight is 524 g/mol. The minimum atomic E-state index is -0.780. The highest BCUT2D eigenvalue weighted by Crippen LogP contribution is 2.34. The molecule has 7 nitrogen and oxygen atoms in total. The monoisotopic (exact) mass is 523 g/mol. The smallest absolute Gasteiger partial charge is 0.317 e. The quantitative estimate of drug-likeness (QED) is 0.249. The van der Waals surface area contributed by atoms with Crippen LogP contribution in [-0.4, -0.2) is 31.0 Å². The van der Waals surface area contributed by atoms with Gasteiger partial charge in [0, 0.05) is 17.3 Å². The molecule has 1 heterocycles. The Morgan fingerprint density at radius 1 is 1.10 bits per heavy atom. The number of amides is 2. The first-order valence-corrected chi connectivity index (χ1v) is 13.2. The van der Waals surface area contributed by atoms with Crippen LogP contribution in [0.2, 0.25) is 0 Å². The molecule has 0 radical (unpaired) electrons. The van der Waals surface area contributed by atoms with E-state index >= 15 is 0 Å². The minimum Gasteiger partial charge on any atom is -0.490 e. The van der Waals surface area contributed by atoms with Gasteiger partial charge in [0.1, 0.15) is 12.4 Å². The van der Waals surface area contributed by atoms with Gasteiger partial charge in [-0.3, -0.25) is 9.59 Å². The van der Waals surface area contributed by atoms with Crippen LogP contribution in [0.4, 0.5) is 5.69 Å². The molecule has 3 aromatic carbocycles. The average Bonchev–Trinajstić information content (AvgIpc) is 2.97. The number of nitrogens with one attached hydrogen (secondary N) is 1. The molecule has 7 heteroatoms. The summed E-state index contributed by atoms with van der Waals surface area (Å²) in [6, 6.07) is 20.3. The third kappa shape index (κ3) is 6.49. The van der Waals surface area contributed by atoms with Crippen molar-refractivity contribution in [3.8, 4) is 16.9 Å². The molecule has 1 unspecified atom stereocenters. The summed E-state index contributed by atoms with van der Waals surface area (Å²) in [5.74, 6) is -0.237. The van der Waals surface area contributed by atoms with Crippen LogP contribution in [0.1, 0.15) is 53.5 Å². The van der Waals surface area contributed by atoms with Crippen molar-refractivity contribution in [2.24, 2.45) is 5.18 Å². The van der Waals surface area contributed by atoms with Crippen molar-refractivity contribution in [3.63, 3.8) is 0 Å². The zero-order chi connectivity index (χ0) is 27.8. The number of hydrogen-bond donors (Lipinski definition) is 1. The Bertz CT molecular complexity index is 1410. The van der Waals surface area contributed by atoms with Crippen molar-refractivity contribution in [1.29, 1.82) is 0 Å². The van der Waals surface area contributed by atoms with Gasteiger partial charge < -0.3 is 15.0 Å². The van der Waals surface area contributed by atoms with Crippen LogP contribution in [0.15, 0.2) is 95.7 Å². The van der Waals surface area contributed by atoms with Gasteiger partial charge >= 0.3 is 5.91 Å². The van der Waals surface area contributed by atoms with E-state index in [1.54, 1.807) is 18.2 Å². The van der Waals surface area contributed by atoms with E-state index in [1.807, 2.05) is 74.5 Å². The van der Waals surface area contributed by atoms with E-state index in [0.29, 0.717) is 36.6 Å². The predicted molar refractivity (Wildman–Crippen MR) is 155 cm³/mol. The van der Waals surface area contributed by atoms with Gasteiger partial charge in [0.2, 0.25) is 0 Å². The summed E-state index contributed by atoms with van der Waals surface area (Å²) in [7, 11) is 0. The fourth-order valence-corrected chi connectivity index (χ4v) is 4.74. The van der Waals surface area contributed by atoms with Crippen molar-refractivity contribution in [2.75, 3.05) is 18.1 Å². The zero-order valence-electron chi connectivity index (χ0n) is 22.5. The van der Waals surface area contributed by atoms with Gasteiger partial charge in [0.05, 0.1) is 23.8 Å². The number of allylic oxidation sites excluding steroid dienone is 2. The number of benzene rings is 3. The predicted octanol–water partition coefficient (Wildman–Crippen LogP) is 6.69. The second-order valence-corrected chi connectivity index (χ2v) is 9.40. The highest BCUT2D eigenvalue weighted by molar-refractivity contribution is 6.01. The number of anilines is 1. The topological polar surface area (TPSA) is 88.1 Å². The number of rotatable bonds is 9. The van der Waals surface area contributed by atoms with Gasteiger partial charge in [-0.15, -0.1) is 4.91 Å². The second-order valence-electron chi connectivity index (χ2n) is 9.40. The first-order valence-electron chi connectivity index (χ1n) is 13.2. The molecule has 0 aliphatic carbocycles. The molecular weight excluding hydrogens is 490 g/mol. The summed E-state index contributed by atoms with van der Waals surface area (Å²) in [5, 5.41) is 5.66. The number of nitroso groups, excluding NO2 is 1. The Morgan fingerprint density at radius 3 is 2.59 bits per heavy atom. The van der Waals surface area contributed by atoms with E-state index in [4.69, 9.17) is 4.74 Å². The lowest BCUT2D eigenvalue weighted by atomic mass is 9.98. The van der Waals surface area contributed by atoms with Crippen LogP contribution in [-0.2, 0) is 6.54 Å². The SMILES string of the molecule is CC=CC(=CCC)C(C)NC(=O)c1ccc2c(c1)OCCN2Cc1ccc(-c2ccccc2C(=O)N=O)cc1. The van der Waals surface area contributed by atoms with Crippen LogP contribution in [0.25, 0.3) is 11.1 Å². The molecule has 39 heavy (non-hydrogen) atoms. The lowest BCUT2D eigenvalue weighted by molar-refractivity contribution is 0.0944. The summed E-state index contributed by atoms with van der Waals surface area (Å²) < 4.78 is 5.92. The first-order chi connectivity index (χ1) is 18.9. The Balaban J connectivity index is 1.48. The summed E-state index contributed by atoms with van der Waals surface area (Å²) in [6.45, 7) is 7.92. The van der Waals surface area contributed by atoms with Crippen molar-refractivity contribution in [1.82, 2.24) is 5.32 Å². The maximum atomic E-state index is 13.0. The number of carbonyl (C=O) groups is 2. The third-order valence-corrected chi connectivity index (χ3v) is 6.71. The van der Waals surface area contributed by atoms with Gasteiger partial charge in [-0.2, -0.15) is 0 Å². The van der Waals surface area contributed by atoms with E-state index in [2.05, 4.69) is 28.4 Å². The van der Waals surface area contributed by atoms with E-state index in [9.17, 15) is 14.5 Å². The zero-order valence-corrected chi connectivity index (χ0v) is 22.5. The molecule has 0 fully saturated rings. The van der Waals surface area contributed by atoms with E-state index < -0.39 is 5.91 Å². The highest BCUT2D eigenvalue weighted by Gasteiger charge is 2.21. The van der Waals surface area contributed by atoms with E-state index in [1.165, 1.54) is 0 Å². The Kier molecular flexibility index (Phi) is 9.05. The summed E-state index contributed by atoms with van der Waals surface area (Å²) >= 11 is 0. The van der Waals surface area contributed by atoms with Crippen LogP contribution >= 0.6 is 0 Å². The highest BCUT2D eigenvalue weighted by atomic mass is 16.5. The number of ether oxygens (including phenoxy) is 1. The van der Waals surface area contributed by atoms with E-state index in [-0.39, 0.29) is 17.5 Å². The van der Waals surface area contributed by atoms with Crippen LogP contribution < -0.4 is 15.0 Å². The van der Waals surface area contributed by atoms with Gasteiger partial charge in [-0.1, -0.05) is 67.6 Å². The molecule has 4 rings (SSSR count). The molecule has 1 aliphatic heterocycles. The molecule has 0 spiro atoms. The molecule has 2 amide bonds. The van der Waals surface area contributed by atoms with E-state index in [0.717, 1.165) is 28.8 Å². The maximum absolute atomic E-state index is 13.0. The Hall–Kier alpha value is -4.52. The maximum Gasteiger partial charge on any atom is 0.317 e. The molecular formula is C32H33N3O4. The van der Waals surface area contributed by atoms with Gasteiger partial charge in [0.15, 0.2) is 0 Å². The standard InChI is InChI=1S/C32H33N3O4/c1-4-8-24(9-5-2)22(3)33-31(36)26-16-17-29-30(20-26)39-19-18-35(29)21-23-12-14-25(15-13-23)27-10-6-7-11-28(27)32(37)34-38/h4,6-17,20,22H,5,18-19,21H2,1-3H3,(H,33,36). The van der Waals surface area contributed by atoms with Crippen molar-refractivity contribution >= 4 is 17.5 Å². The molecule has 1 N–H and O–H groups in total. The minimum absolute atomic E-state index is 0.107. The molecule has 3 aromatic rings. The molecule has 200 valence electrons. The fraction of sp³-hybridized carbons (Fsp3) is 0.250. The largest absolute Gasteiger partial charge is 0.490 e. The number of carbonyl (C=O) groups excluding carboxylic acids is 2. The molecule has 0 bridgehead atoms. The molecule has 1 aliphatic rings. The van der Waals surface area contributed by atoms with Crippen molar-refractivity contribution in [2.45, 2.75) is 39.8 Å². The fourth-order valence-electron chi connectivity index (χ4n) is 4.74. The summed E-state index contributed by atoms with van der Waals surface area (Å²) in [4.78, 5) is 37.9. The van der Waals surface area contributed by atoms with Gasteiger partial charge in [0.25, 0.3) is 5.91 Å². The molecule has 0 saturated carbocycles. The lowest BCUT2D eigenvalue weighted by Crippen LogP contribution is -2.34. The second kappa shape index (κ2) is 12.8. The Labute approximate surface area is 229 Å². The van der Waals surface area contributed by atoms with Crippen molar-refractivity contribution < 1.29 is 14.3 Å². The lowest BCUT2D eigenvalue weighted by Gasteiger charge is -2.31. The van der Waals surface area contributed by atoms with Crippen LogP contribution in [0.5, 0.6) is 5.75 Å². The normalized spacial score (nSPS) is 13.9. The molecule has 1 atom stereocenters. The third-order valence-electron chi connectivity index (χ3n) is 6.71. The number of nitrogens with zero attached hydrogens (tertiary/aromatic N) is 2. The van der Waals surface area contributed by atoms with Crippen LogP contribution in [0, 0.1) is 4.91 Å². The summed E-state index contributed by atoms with van der Waals surface area (Å²) in [5.41, 5.74) is 5.45. The van der Waals surface area contributed by atoms with Gasteiger partial charge in [-0.05, 0) is 66.8 Å². The number of hydrogen-bond acceptors (Lipinski definition) is 5. The number of fused-ring (bicyclic) bond motifs is 1. The molecule has 0 saturated heterocycles. The van der Waals surface area contributed by atoms with Crippen LogP contribution in [0.3, 0.4) is 0 Å². The van der Waals surface area contributed by atoms with Gasteiger partial charge in [-0.25, -0.2) is 0 Å². The summed E-state index contributed by atoms with van der Waals surface area (Å²) in [6.07, 6.45) is 7.02. The molecule has 0 aromatic heterocycles. The first kappa shape index (κ1) is 27.5.